The van der Waals surface area contributed by atoms with Crippen molar-refractivity contribution in [2.75, 3.05) is 0 Å². The van der Waals surface area contributed by atoms with Crippen molar-refractivity contribution in [3.8, 4) is 0 Å². The fourth-order valence-electron chi connectivity index (χ4n) is 2.79. The zero-order chi connectivity index (χ0) is 13.7. The summed E-state index contributed by atoms with van der Waals surface area (Å²) in [5.41, 5.74) is 3.42. The molecule has 1 aliphatic rings. The van der Waals surface area contributed by atoms with Gasteiger partial charge in [-0.25, -0.2) is 0 Å². The Kier molecular flexibility index (Phi) is 4.73. The van der Waals surface area contributed by atoms with Crippen molar-refractivity contribution in [2.45, 2.75) is 39.0 Å². The molecule has 0 bridgehead atoms. The lowest BCUT2D eigenvalue weighted by atomic mass is 9.84. The van der Waals surface area contributed by atoms with Crippen LogP contribution in [-0.2, 0) is 0 Å². The van der Waals surface area contributed by atoms with E-state index in [1.807, 2.05) is 12.1 Å². The van der Waals surface area contributed by atoms with E-state index in [1.54, 1.807) is 0 Å². The average molecular weight is 254 g/mol. The summed E-state index contributed by atoms with van der Waals surface area (Å²) in [6.45, 7) is 5.77. The molecule has 0 fully saturated rings. The SMILES string of the molecule is C=CC(=O)c1ccc(C2=CCC(CCC)CC2)cc1. The molecule has 1 nitrogen and oxygen atoms in total. The molecule has 19 heavy (non-hydrogen) atoms. The second-order valence-electron chi connectivity index (χ2n) is 5.30. The summed E-state index contributed by atoms with van der Waals surface area (Å²) in [5.74, 6) is 0.863. The Hall–Kier alpha value is -1.63. The summed E-state index contributed by atoms with van der Waals surface area (Å²) in [7, 11) is 0. The zero-order valence-electron chi connectivity index (χ0n) is 11.7. The number of carbonyl (C=O) groups excluding carboxylic acids is 1. The first-order valence-corrected chi connectivity index (χ1v) is 7.20. The number of allylic oxidation sites excluding steroid dienone is 3. The number of benzene rings is 1. The van der Waals surface area contributed by atoms with Gasteiger partial charge in [-0.15, -0.1) is 0 Å². The van der Waals surface area contributed by atoms with Crippen LogP contribution in [-0.4, -0.2) is 5.78 Å². The summed E-state index contributed by atoms with van der Waals surface area (Å²) in [6.07, 6.45) is 10.0. The van der Waals surface area contributed by atoms with E-state index < -0.39 is 0 Å². The Morgan fingerprint density at radius 2 is 2.11 bits per heavy atom. The van der Waals surface area contributed by atoms with E-state index in [2.05, 4.69) is 31.7 Å². The van der Waals surface area contributed by atoms with Crippen LogP contribution in [0.15, 0.2) is 43.0 Å². The lowest BCUT2D eigenvalue weighted by Gasteiger charge is -2.21. The molecule has 0 radical (unpaired) electrons. The van der Waals surface area contributed by atoms with Crippen LogP contribution in [0.5, 0.6) is 0 Å². The highest BCUT2D eigenvalue weighted by Crippen LogP contribution is 2.32. The quantitative estimate of drug-likeness (QED) is 0.531. The zero-order valence-corrected chi connectivity index (χ0v) is 11.7. The van der Waals surface area contributed by atoms with Gasteiger partial charge in [0.15, 0.2) is 5.78 Å². The minimum atomic E-state index is -0.00724. The molecule has 2 rings (SSSR count). The van der Waals surface area contributed by atoms with Gasteiger partial charge in [-0.3, -0.25) is 4.79 Å². The molecule has 1 heteroatoms. The van der Waals surface area contributed by atoms with Gasteiger partial charge in [0.25, 0.3) is 0 Å². The smallest absolute Gasteiger partial charge is 0.185 e. The lowest BCUT2D eigenvalue weighted by Crippen LogP contribution is -2.05. The summed E-state index contributed by atoms with van der Waals surface area (Å²) >= 11 is 0. The fraction of sp³-hybridized carbons (Fsp3) is 0.389. The standard InChI is InChI=1S/C18H22O/c1-3-5-14-6-8-15(9-7-14)16-10-12-17(13-11-16)18(19)4-2/h4,8,10-14H,2-3,5-7,9H2,1H3. The molecular weight excluding hydrogens is 232 g/mol. The van der Waals surface area contributed by atoms with Gasteiger partial charge in [-0.1, -0.05) is 56.7 Å². The number of hydrogen-bond donors (Lipinski definition) is 0. The third-order valence-electron chi connectivity index (χ3n) is 3.94. The Balaban J connectivity index is 2.07. The normalized spacial score (nSPS) is 18.8. The van der Waals surface area contributed by atoms with Crippen LogP contribution in [0, 0.1) is 5.92 Å². The third-order valence-corrected chi connectivity index (χ3v) is 3.94. The number of ketones is 1. The Labute approximate surface area is 116 Å². The van der Waals surface area contributed by atoms with Crippen LogP contribution in [0.25, 0.3) is 5.57 Å². The maximum atomic E-state index is 11.5. The summed E-state index contributed by atoms with van der Waals surface area (Å²) < 4.78 is 0. The molecule has 0 spiro atoms. The fourth-order valence-corrected chi connectivity index (χ4v) is 2.79. The van der Waals surface area contributed by atoms with Crippen molar-refractivity contribution >= 4 is 11.4 Å². The van der Waals surface area contributed by atoms with E-state index in [0.717, 1.165) is 11.5 Å². The molecule has 0 saturated heterocycles. The third kappa shape index (κ3) is 3.44. The van der Waals surface area contributed by atoms with E-state index in [-0.39, 0.29) is 5.78 Å². The predicted molar refractivity (Wildman–Crippen MR) is 81.2 cm³/mol. The van der Waals surface area contributed by atoms with Crippen LogP contribution in [0.1, 0.15) is 54.9 Å². The topological polar surface area (TPSA) is 17.1 Å². The van der Waals surface area contributed by atoms with E-state index >= 15 is 0 Å². The number of rotatable bonds is 5. The molecule has 0 heterocycles. The van der Waals surface area contributed by atoms with Gasteiger partial charge in [0, 0.05) is 5.56 Å². The van der Waals surface area contributed by atoms with Crippen LogP contribution < -0.4 is 0 Å². The van der Waals surface area contributed by atoms with Crippen molar-refractivity contribution in [3.63, 3.8) is 0 Å². The van der Waals surface area contributed by atoms with E-state index in [1.165, 1.54) is 49.3 Å². The van der Waals surface area contributed by atoms with E-state index in [0.29, 0.717) is 0 Å². The molecule has 0 saturated carbocycles. The summed E-state index contributed by atoms with van der Waals surface area (Å²) in [4.78, 5) is 11.5. The molecule has 1 aromatic rings. The Morgan fingerprint density at radius 1 is 1.37 bits per heavy atom. The molecule has 1 atom stereocenters. The van der Waals surface area contributed by atoms with Gasteiger partial charge in [-0.2, -0.15) is 0 Å². The molecule has 0 aliphatic heterocycles. The largest absolute Gasteiger partial charge is 0.289 e. The highest BCUT2D eigenvalue weighted by atomic mass is 16.1. The van der Waals surface area contributed by atoms with Gasteiger partial charge >= 0.3 is 0 Å². The number of hydrogen-bond acceptors (Lipinski definition) is 1. The highest BCUT2D eigenvalue weighted by Gasteiger charge is 2.14. The molecule has 1 aromatic carbocycles. The molecular formula is C18H22O. The summed E-state index contributed by atoms with van der Waals surface area (Å²) in [5, 5.41) is 0. The minimum Gasteiger partial charge on any atom is -0.289 e. The first kappa shape index (κ1) is 13.8. The molecule has 0 N–H and O–H groups in total. The van der Waals surface area contributed by atoms with Gasteiger partial charge in [0.1, 0.15) is 0 Å². The predicted octanol–water partition coefficient (Wildman–Crippen LogP) is 5.04. The maximum absolute atomic E-state index is 11.5. The van der Waals surface area contributed by atoms with Crippen molar-refractivity contribution in [1.82, 2.24) is 0 Å². The minimum absolute atomic E-state index is 0.00724. The van der Waals surface area contributed by atoms with Crippen molar-refractivity contribution in [1.29, 1.82) is 0 Å². The van der Waals surface area contributed by atoms with Crippen molar-refractivity contribution < 1.29 is 4.79 Å². The summed E-state index contributed by atoms with van der Waals surface area (Å²) in [6, 6.07) is 7.92. The molecule has 100 valence electrons. The van der Waals surface area contributed by atoms with Crippen LogP contribution in [0.3, 0.4) is 0 Å². The maximum Gasteiger partial charge on any atom is 0.185 e. The van der Waals surface area contributed by atoms with Crippen LogP contribution >= 0.6 is 0 Å². The Bertz CT molecular complexity index is 479. The first-order chi connectivity index (χ1) is 9.24. The lowest BCUT2D eigenvalue weighted by molar-refractivity contribution is 0.104. The van der Waals surface area contributed by atoms with E-state index in [9.17, 15) is 4.79 Å². The molecule has 0 aromatic heterocycles. The van der Waals surface area contributed by atoms with Crippen molar-refractivity contribution in [2.24, 2.45) is 5.92 Å². The molecule has 1 unspecified atom stereocenters. The Morgan fingerprint density at radius 3 is 2.63 bits per heavy atom. The molecule has 1 aliphatic carbocycles. The molecule has 0 amide bonds. The average Bonchev–Trinajstić information content (AvgIpc) is 2.48. The monoisotopic (exact) mass is 254 g/mol. The second kappa shape index (κ2) is 6.51. The van der Waals surface area contributed by atoms with Gasteiger partial charge in [0.05, 0.1) is 0 Å². The van der Waals surface area contributed by atoms with Gasteiger partial charge in [0.2, 0.25) is 0 Å². The van der Waals surface area contributed by atoms with Crippen molar-refractivity contribution in [3.05, 3.63) is 54.1 Å². The van der Waals surface area contributed by atoms with Crippen LogP contribution in [0.4, 0.5) is 0 Å². The van der Waals surface area contributed by atoms with Crippen LogP contribution in [0.2, 0.25) is 0 Å². The van der Waals surface area contributed by atoms with E-state index in [4.69, 9.17) is 0 Å². The second-order valence-corrected chi connectivity index (χ2v) is 5.30. The van der Waals surface area contributed by atoms with Gasteiger partial charge < -0.3 is 0 Å². The number of carbonyl (C=O) groups is 1. The highest BCUT2D eigenvalue weighted by molar-refractivity contribution is 6.04. The van der Waals surface area contributed by atoms with Gasteiger partial charge in [-0.05, 0) is 42.4 Å². The first-order valence-electron chi connectivity index (χ1n) is 7.20.